The molecule has 9 nitrogen and oxygen atoms in total. The maximum absolute atomic E-state index is 14.1. The van der Waals surface area contributed by atoms with E-state index in [1.54, 1.807) is 6.20 Å². The van der Waals surface area contributed by atoms with Crippen molar-refractivity contribution < 1.29 is 26.7 Å². The fourth-order valence-electron chi connectivity index (χ4n) is 4.66. The summed E-state index contributed by atoms with van der Waals surface area (Å²) in [7, 11) is 0. The Bertz CT molecular complexity index is 1890. The smallest absolute Gasteiger partial charge is 0.377 e. The van der Waals surface area contributed by atoms with Crippen LogP contribution in [0.4, 0.5) is 39.0 Å². The monoisotopic (exact) mass is 612 g/mol. The van der Waals surface area contributed by atoms with Gasteiger partial charge in [-0.05, 0) is 23.8 Å². The molecule has 1 aliphatic heterocycles. The van der Waals surface area contributed by atoms with Gasteiger partial charge in [-0.2, -0.15) is 22.8 Å². The lowest BCUT2D eigenvalue weighted by molar-refractivity contribution is -0.138. The molecular formula is C28H18ClF5N8O. The number of pyridine rings is 2. The fraction of sp³-hybridized carbons (Fsp3) is 0.179. The van der Waals surface area contributed by atoms with Crippen LogP contribution in [-0.2, 0) is 10.9 Å². The van der Waals surface area contributed by atoms with Crippen LogP contribution in [0.2, 0.25) is 5.02 Å². The molecule has 1 unspecified atom stereocenters. The van der Waals surface area contributed by atoms with Crippen molar-refractivity contribution in [3.05, 3.63) is 100 Å². The number of anilines is 3. The van der Waals surface area contributed by atoms with E-state index >= 15 is 0 Å². The molecular weight excluding hydrogens is 595 g/mol. The first-order valence-electron chi connectivity index (χ1n) is 12.6. The van der Waals surface area contributed by atoms with Gasteiger partial charge in [0, 0.05) is 23.3 Å². The number of nitriles is 1. The molecule has 0 bridgehead atoms. The second-order valence-corrected chi connectivity index (χ2v) is 10.0. The van der Waals surface area contributed by atoms with E-state index in [1.165, 1.54) is 41.2 Å². The predicted octanol–water partition coefficient (Wildman–Crippen LogP) is 6.56. The number of fused-ring (bicyclic) bond motifs is 1. The molecule has 1 fully saturated rings. The normalized spacial score (nSPS) is 14.3. The highest BCUT2D eigenvalue weighted by Crippen LogP contribution is 2.40. The fourth-order valence-corrected chi connectivity index (χ4v) is 4.93. The summed E-state index contributed by atoms with van der Waals surface area (Å²) in [6.07, 6.45) is -0.826. The summed E-state index contributed by atoms with van der Waals surface area (Å²) in [6.45, 7) is 0.801. The highest BCUT2D eigenvalue weighted by Gasteiger charge is 2.36. The van der Waals surface area contributed by atoms with Crippen LogP contribution in [0.3, 0.4) is 0 Å². The van der Waals surface area contributed by atoms with Crippen LogP contribution in [0.1, 0.15) is 34.5 Å². The van der Waals surface area contributed by atoms with Crippen molar-refractivity contribution in [1.29, 1.82) is 5.26 Å². The van der Waals surface area contributed by atoms with Gasteiger partial charge in [-0.25, -0.2) is 14.1 Å². The summed E-state index contributed by atoms with van der Waals surface area (Å²) in [5, 5.41) is 24.4. The first-order chi connectivity index (χ1) is 20.6. The third-order valence-electron chi connectivity index (χ3n) is 6.82. The SMILES string of the molecule is N#Cc1cnc2c(Cl)cc(NC(c3cn(C4COC4)nn3)c3ccccc3C(F)(F)F)cc2c1Nc1cnc(F)c(F)c1. The molecule has 3 aromatic heterocycles. The number of benzene rings is 2. The summed E-state index contributed by atoms with van der Waals surface area (Å²) >= 11 is 6.57. The number of halogens is 6. The third kappa shape index (κ3) is 5.52. The largest absolute Gasteiger partial charge is 0.416 e. The van der Waals surface area contributed by atoms with Gasteiger partial charge in [0.1, 0.15) is 17.8 Å². The molecule has 0 aliphatic carbocycles. The number of rotatable bonds is 7. The highest BCUT2D eigenvalue weighted by molar-refractivity contribution is 6.36. The Morgan fingerprint density at radius 1 is 1.07 bits per heavy atom. The van der Waals surface area contributed by atoms with E-state index in [0.29, 0.717) is 13.2 Å². The van der Waals surface area contributed by atoms with Gasteiger partial charge in [-0.3, -0.25) is 4.98 Å². The van der Waals surface area contributed by atoms with Crippen molar-refractivity contribution in [3.63, 3.8) is 0 Å². The number of hydrogen-bond donors (Lipinski definition) is 2. The van der Waals surface area contributed by atoms with E-state index in [9.17, 15) is 27.2 Å². The molecule has 43 heavy (non-hydrogen) atoms. The van der Waals surface area contributed by atoms with Crippen LogP contribution in [0, 0.1) is 23.1 Å². The summed E-state index contributed by atoms with van der Waals surface area (Å²) in [5.41, 5.74) is -0.0671. The predicted molar refractivity (Wildman–Crippen MR) is 146 cm³/mol. The van der Waals surface area contributed by atoms with Crippen molar-refractivity contribution >= 4 is 39.6 Å². The molecule has 0 radical (unpaired) electrons. The molecule has 5 aromatic rings. The minimum absolute atomic E-state index is 0.0333. The summed E-state index contributed by atoms with van der Waals surface area (Å²) in [4.78, 5) is 7.60. The van der Waals surface area contributed by atoms with Gasteiger partial charge in [-0.15, -0.1) is 5.10 Å². The Balaban J connectivity index is 1.47. The molecule has 0 saturated carbocycles. The molecule has 1 aliphatic rings. The van der Waals surface area contributed by atoms with E-state index < -0.39 is 29.5 Å². The van der Waals surface area contributed by atoms with Gasteiger partial charge >= 0.3 is 6.18 Å². The van der Waals surface area contributed by atoms with E-state index in [2.05, 4.69) is 30.9 Å². The Labute approximate surface area is 244 Å². The molecule has 1 saturated heterocycles. The van der Waals surface area contributed by atoms with Crippen LogP contribution in [0.5, 0.6) is 0 Å². The standard InChI is InChI=1S/C28H18ClF5N8O/c29-21-6-15(5-19-24(14(8-35)9-36-25(19)21)39-16-7-22(30)27(31)37-10-16)38-26(18-3-1-2-4-20(18)28(32,33)34)23-11-42(41-40-23)17-12-43-13-17/h1-7,9-11,17,26,38H,12-13H2,(H,36,39). The second kappa shape index (κ2) is 11.1. The zero-order valence-corrected chi connectivity index (χ0v) is 22.5. The average molecular weight is 613 g/mol. The first kappa shape index (κ1) is 28.3. The van der Waals surface area contributed by atoms with E-state index in [1.807, 2.05) is 6.07 Å². The van der Waals surface area contributed by atoms with Crippen molar-refractivity contribution in [3.8, 4) is 6.07 Å². The van der Waals surface area contributed by atoms with Gasteiger partial charge in [-0.1, -0.05) is 35.0 Å². The minimum Gasteiger partial charge on any atom is -0.377 e. The van der Waals surface area contributed by atoms with E-state index in [0.717, 1.165) is 18.3 Å². The maximum Gasteiger partial charge on any atom is 0.416 e. The Morgan fingerprint density at radius 3 is 2.56 bits per heavy atom. The lowest BCUT2D eigenvalue weighted by Crippen LogP contribution is -2.31. The molecule has 4 heterocycles. The third-order valence-corrected chi connectivity index (χ3v) is 7.11. The minimum atomic E-state index is -4.67. The Morgan fingerprint density at radius 2 is 1.86 bits per heavy atom. The van der Waals surface area contributed by atoms with Crippen molar-refractivity contribution in [1.82, 2.24) is 25.0 Å². The summed E-state index contributed by atoms with van der Waals surface area (Å²) in [6, 6.07) is 9.70. The van der Waals surface area contributed by atoms with Gasteiger partial charge in [0.25, 0.3) is 0 Å². The molecule has 15 heteroatoms. The summed E-state index contributed by atoms with van der Waals surface area (Å²) in [5.74, 6) is -2.51. The molecule has 2 aromatic carbocycles. The van der Waals surface area contributed by atoms with Gasteiger partial charge in [0.05, 0.1) is 64.7 Å². The molecule has 218 valence electrons. The van der Waals surface area contributed by atoms with Crippen molar-refractivity contribution in [2.24, 2.45) is 0 Å². The van der Waals surface area contributed by atoms with Crippen LogP contribution in [0.25, 0.3) is 10.9 Å². The number of aromatic nitrogens is 5. The number of hydrogen-bond acceptors (Lipinski definition) is 8. The molecule has 0 amide bonds. The summed E-state index contributed by atoms with van der Waals surface area (Å²) < 4.78 is 76.4. The van der Waals surface area contributed by atoms with E-state index in [-0.39, 0.29) is 55.9 Å². The number of ether oxygens (including phenoxy) is 1. The number of nitrogens with one attached hydrogen (secondary N) is 2. The zero-order chi connectivity index (χ0) is 30.3. The molecule has 2 N–H and O–H groups in total. The first-order valence-corrected chi connectivity index (χ1v) is 13.0. The molecule has 0 spiro atoms. The lowest BCUT2D eigenvalue weighted by Gasteiger charge is -2.25. The molecule has 1 atom stereocenters. The van der Waals surface area contributed by atoms with Gasteiger partial charge < -0.3 is 15.4 Å². The van der Waals surface area contributed by atoms with Crippen LogP contribution < -0.4 is 10.6 Å². The van der Waals surface area contributed by atoms with Crippen LogP contribution >= 0.6 is 11.6 Å². The Kier molecular flexibility index (Phi) is 7.28. The van der Waals surface area contributed by atoms with Crippen molar-refractivity contribution in [2.45, 2.75) is 18.3 Å². The average Bonchev–Trinajstić information content (AvgIpc) is 3.41. The number of nitrogens with zero attached hydrogens (tertiary/aromatic N) is 6. The number of alkyl halides is 3. The van der Waals surface area contributed by atoms with Gasteiger partial charge in [0.15, 0.2) is 5.82 Å². The van der Waals surface area contributed by atoms with E-state index in [4.69, 9.17) is 16.3 Å². The van der Waals surface area contributed by atoms with Gasteiger partial charge in [0.2, 0.25) is 5.95 Å². The quantitative estimate of drug-likeness (QED) is 0.157. The lowest BCUT2D eigenvalue weighted by atomic mass is 9.97. The zero-order valence-electron chi connectivity index (χ0n) is 21.7. The van der Waals surface area contributed by atoms with Crippen molar-refractivity contribution in [2.75, 3.05) is 23.8 Å². The second-order valence-electron chi connectivity index (χ2n) is 9.61. The maximum atomic E-state index is 14.1. The van der Waals surface area contributed by atoms with Crippen LogP contribution in [0.15, 0.2) is 61.1 Å². The molecule has 6 rings (SSSR count). The topological polar surface area (TPSA) is 114 Å². The Hall–Kier alpha value is -4.87. The highest BCUT2D eigenvalue weighted by atomic mass is 35.5. The van der Waals surface area contributed by atoms with Crippen LogP contribution in [-0.4, -0.2) is 38.2 Å².